The summed E-state index contributed by atoms with van der Waals surface area (Å²) in [6.45, 7) is 2.68. The average Bonchev–Trinajstić information content (AvgIpc) is 2.48. The first-order chi connectivity index (χ1) is 10.1. The second-order valence-corrected chi connectivity index (χ2v) is 6.08. The van der Waals surface area contributed by atoms with E-state index in [-0.39, 0.29) is 18.0 Å². The number of hydrogen-bond acceptors (Lipinski definition) is 4. The molecule has 0 radical (unpaired) electrons. The Morgan fingerprint density at radius 1 is 1.52 bits per heavy atom. The Labute approximate surface area is 131 Å². The van der Waals surface area contributed by atoms with Crippen molar-refractivity contribution < 1.29 is 9.72 Å². The predicted molar refractivity (Wildman–Crippen MR) is 83.1 cm³/mol. The lowest BCUT2D eigenvalue weighted by molar-refractivity contribution is -0.384. The van der Waals surface area contributed by atoms with Gasteiger partial charge in [0.25, 0.3) is 5.69 Å². The number of nitrogens with zero attached hydrogens (tertiary/aromatic N) is 1. The van der Waals surface area contributed by atoms with Gasteiger partial charge in [-0.05, 0) is 37.4 Å². The summed E-state index contributed by atoms with van der Waals surface area (Å²) in [7, 11) is 0. The number of nitro benzene ring substituents is 1. The topological polar surface area (TPSA) is 84.3 Å². The van der Waals surface area contributed by atoms with Crippen LogP contribution < -0.4 is 10.6 Å². The average molecular weight is 356 g/mol. The fraction of sp³-hybridized carbons (Fsp3) is 0.500. The van der Waals surface area contributed by atoms with Gasteiger partial charge < -0.3 is 10.6 Å². The summed E-state index contributed by atoms with van der Waals surface area (Å²) in [4.78, 5) is 22.1. The molecule has 21 heavy (non-hydrogen) atoms. The summed E-state index contributed by atoms with van der Waals surface area (Å²) in [6, 6.07) is 4.45. The van der Waals surface area contributed by atoms with Crippen LogP contribution in [0.1, 0.15) is 18.4 Å². The van der Waals surface area contributed by atoms with Crippen molar-refractivity contribution in [1.29, 1.82) is 0 Å². The normalized spacial score (nSPS) is 18.2. The fourth-order valence-electron chi connectivity index (χ4n) is 2.39. The van der Waals surface area contributed by atoms with Crippen LogP contribution in [0.2, 0.25) is 0 Å². The van der Waals surface area contributed by atoms with E-state index in [1.54, 1.807) is 6.07 Å². The zero-order valence-corrected chi connectivity index (χ0v) is 13.2. The van der Waals surface area contributed by atoms with E-state index in [1.165, 1.54) is 12.1 Å². The van der Waals surface area contributed by atoms with Gasteiger partial charge in [-0.2, -0.15) is 0 Å². The number of rotatable bonds is 5. The maximum atomic E-state index is 11.9. The van der Waals surface area contributed by atoms with Crippen LogP contribution in [-0.2, 0) is 11.2 Å². The van der Waals surface area contributed by atoms with Crippen molar-refractivity contribution in [3.8, 4) is 0 Å². The molecule has 1 aliphatic rings. The molecule has 0 spiro atoms. The molecule has 2 N–H and O–H groups in total. The highest BCUT2D eigenvalue weighted by molar-refractivity contribution is 9.10. The van der Waals surface area contributed by atoms with E-state index < -0.39 is 4.92 Å². The van der Waals surface area contributed by atoms with E-state index in [9.17, 15) is 14.9 Å². The fourth-order valence-corrected chi connectivity index (χ4v) is 2.89. The Kier molecular flexibility index (Phi) is 5.69. The van der Waals surface area contributed by atoms with Gasteiger partial charge in [-0.15, -0.1) is 0 Å². The number of carbonyl (C=O) groups is 1. The molecule has 114 valence electrons. The SMILES string of the molecule is O=C(Cc1ccc([N+](=O)[O-])cc1Br)NCC1CCCNC1. The molecule has 7 heteroatoms. The molecular weight excluding hydrogens is 338 g/mol. The molecule has 1 heterocycles. The second kappa shape index (κ2) is 7.51. The highest BCUT2D eigenvalue weighted by atomic mass is 79.9. The Balaban J connectivity index is 1.85. The van der Waals surface area contributed by atoms with E-state index in [0.717, 1.165) is 31.5 Å². The quantitative estimate of drug-likeness (QED) is 0.625. The first kappa shape index (κ1) is 15.9. The molecule has 1 amide bonds. The number of halogens is 1. The summed E-state index contributed by atoms with van der Waals surface area (Å²) in [5.74, 6) is 0.429. The van der Waals surface area contributed by atoms with Crippen molar-refractivity contribution >= 4 is 27.5 Å². The minimum Gasteiger partial charge on any atom is -0.355 e. The van der Waals surface area contributed by atoms with Crippen LogP contribution in [0.25, 0.3) is 0 Å². The van der Waals surface area contributed by atoms with Crippen LogP contribution in [0.4, 0.5) is 5.69 Å². The van der Waals surface area contributed by atoms with E-state index >= 15 is 0 Å². The van der Waals surface area contributed by atoms with Crippen molar-refractivity contribution in [1.82, 2.24) is 10.6 Å². The van der Waals surface area contributed by atoms with Gasteiger partial charge in [-0.3, -0.25) is 14.9 Å². The van der Waals surface area contributed by atoms with Crippen molar-refractivity contribution in [2.24, 2.45) is 5.92 Å². The number of nitro groups is 1. The van der Waals surface area contributed by atoms with E-state index in [4.69, 9.17) is 0 Å². The van der Waals surface area contributed by atoms with Crippen molar-refractivity contribution in [2.45, 2.75) is 19.3 Å². The van der Waals surface area contributed by atoms with Gasteiger partial charge in [0.2, 0.25) is 5.91 Å². The van der Waals surface area contributed by atoms with E-state index in [0.29, 0.717) is 16.9 Å². The Morgan fingerprint density at radius 2 is 2.33 bits per heavy atom. The van der Waals surface area contributed by atoms with Crippen molar-refractivity contribution in [3.05, 3.63) is 38.3 Å². The van der Waals surface area contributed by atoms with Gasteiger partial charge in [-0.25, -0.2) is 0 Å². The molecule has 2 rings (SSSR count). The van der Waals surface area contributed by atoms with Gasteiger partial charge in [0.05, 0.1) is 11.3 Å². The highest BCUT2D eigenvalue weighted by Crippen LogP contribution is 2.23. The Bertz CT molecular complexity index is 530. The minimum atomic E-state index is -0.454. The summed E-state index contributed by atoms with van der Waals surface area (Å²) < 4.78 is 0.589. The molecule has 0 aliphatic carbocycles. The standard InChI is InChI=1S/C14H18BrN3O3/c15-13-7-12(18(20)21)4-3-11(13)6-14(19)17-9-10-2-1-5-16-8-10/h3-4,7,10,16H,1-2,5-6,8-9H2,(H,17,19). The van der Waals surface area contributed by atoms with Gasteiger partial charge in [0.15, 0.2) is 0 Å². The summed E-state index contributed by atoms with van der Waals surface area (Å²) >= 11 is 3.28. The maximum absolute atomic E-state index is 11.9. The predicted octanol–water partition coefficient (Wildman–Crippen LogP) is 2.02. The largest absolute Gasteiger partial charge is 0.355 e. The number of non-ortho nitro benzene ring substituents is 1. The second-order valence-electron chi connectivity index (χ2n) is 5.23. The van der Waals surface area contributed by atoms with Gasteiger partial charge in [0, 0.05) is 23.2 Å². The number of amides is 1. The lowest BCUT2D eigenvalue weighted by Gasteiger charge is -2.22. The third-order valence-electron chi connectivity index (χ3n) is 3.59. The molecule has 1 aliphatic heterocycles. The zero-order valence-electron chi connectivity index (χ0n) is 11.6. The minimum absolute atomic E-state index is 0.0133. The van der Waals surface area contributed by atoms with Crippen molar-refractivity contribution in [2.75, 3.05) is 19.6 Å². The van der Waals surface area contributed by atoms with Crippen LogP contribution in [0.5, 0.6) is 0 Å². The van der Waals surface area contributed by atoms with Crippen molar-refractivity contribution in [3.63, 3.8) is 0 Å². The van der Waals surface area contributed by atoms with Crippen LogP contribution in [0, 0.1) is 16.0 Å². The summed E-state index contributed by atoms with van der Waals surface area (Å²) in [5, 5.41) is 16.9. The third kappa shape index (κ3) is 4.78. The first-order valence-electron chi connectivity index (χ1n) is 6.96. The van der Waals surface area contributed by atoms with E-state index in [2.05, 4.69) is 26.6 Å². The monoisotopic (exact) mass is 355 g/mol. The van der Waals surface area contributed by atoms with Crippen LogP contribution >= 0.6 is 15.9 Å². The summed E-state index contributed by atoms with van der Waals surface area (Å²) in [5.41, 5.74) is 0.763. The van der Waals surface area contributed by atoms with Gasteiger partial charge >= 0.3 is 0 Å². The number of hydrogen-bond donors (Lipinski definition) is 2. The summed E-state index contributed by atoms with van der Waals surface area (Å²) in [6.07, 6.45) is 2.50. The smallest absolute Gasteiger partial charge is 0.270 e. The molecule has 1 unspecified atom stereocenters. The number of piperidine rings is 1. The van der Waals surface area contributed by atoms with E-state index in [1.807, 2.05) is 0 Å². The molecule has 1 atom stereocenters. The third-order valence-corrected chi connectivity index (χ3v) is 4.32. The number of nitrogens with one attached hydrogen (secondary N) is 2. The highest BCUT2D eigenvalue weighted by Gasteiger charge is 2.15. The maximum Gasteiger partial charge on any atom is 0.270 e. The molecule has 1 saturated heterocycles. The number of benzene rings is 1. The van der Waals surface area contributed by atoms with Gasteiger partial charge in [-0.1, -0.05) is 22.0 Å². The molecule has 1 aromatic carbocycles. The lowest BCUT2D eigenvalue weighted by atomic mass is 9.99. The molecule has 1 aromatic rings. The first-order valence-corrected chi connectivity index (χ1v) is 7.76. The molecule has 0 saturated carbocycles. The van der Waals surface area contributed by atoms with Crippen LogP contribution in [0.3, 0.4) is 0 Å². The Morgan fingerprint density at radius 3 is 2.95 bits per heavy atom. The van der Waals surface area contributed by atoms with Crippen LogP contribution in [0.15, 0.2) is 22.7 Å². The Hall–Kier alpha value is -1.47. The van der Waals surface area contributed by atoms with Crippen LogP contribution in [-0.4, -0.2) is 30.5 Å². The molecule has 6 nitrogen and oxygen atoms in total. The molecule has 1 fully saturated rings. The lowest BCUT2D eigenvalue weighted by Crippen LogP contribution is -2.38. The number of carbonyl (C=O) groups excluding carboxylic acids is 1. The molecule has 0 aromatic heterocycles. The zero-order chi connectivity index (χ0) is 15.2. The van der Waals surface area contributed by atoms with Gasteiger partial charge in [0.1, 0.15) is 0 Å². The molecule has 0 bridgehead atoms. The molecular formula is C14H18BrN3O3.